The second-order valence-electron chi connectivity index (χ2n) is 6.69. The normalized spacial score (nSPS) is 14.8. The molecule has 3 aromatic carbocycles. The summed E-state index contributed by atoms with van der Waals surface area (Å²) in [6, 6.07) is 20.5. The van der Waals surface area contributed by atoms with Crippen molar-refractivity contribution >= 4 is 78.0 Å². The van der Waals surface area contributed by atoms with E-state index < -0.39 is 5.91 Å². The number of hydrazine groups is 1. The molecule has 4 rings (SSSR count). The van der Waals surface area contributed by atoms with Gasteiger partial charge in [-0.05, 0) is 70.6 Å². The Labute approximate surface area is 209 Å². The molecular weight excluding hydrogens is 639 g/mol. The average molecular weight is 654 g/mol. The molecule has 0 unspecified atom stereocenters. The van der Waals surface area contributed by atoms with E-state index in [0.717, 1.165) is 29.4 Å². The van der Waals surface area contributed by atoms with Gasteiger partial charge < -0.3 is 4.74 Å². The number of para-hydroxylation sites is 1. The molecule has 0 radical (unpaired) electrons. The number of carbonyl (C=O) groups excluding carboxylic acids is 2. The number of nitrogens with one attached hydrogen (secondary N) is 1. The van der Waals surface area contributed by atoms with Gasteiger partial charge in [0.1, 0.15) is 17.9 Å². The van der Waals surface area contributed by atoms with Gasteiger partial charge in [0.05, 0.1) is 9.26 Å². The van der Waals surface area contributed by atoms with Crippen LogP contribution < -0.4 is 15.2 Å². The minimum atomic E-state index is -0.427. The number of hydrogen-bond acceptors (Lipinski definition) is 3. The van der Waals surface area contributed by atoms with Gasteiger partial charge in [0.2, 0.25) is 0 Å². The number of hydrogen-bond donors (Lipinski definition) is 1. The van der Waals surface area contributed by atoms with Crippen LogP contribution in [0.15, 0.2) is 81.2 Å². The molecule has 1 saturated heterocycles. The van der Waals surface area contributed by atoms with E-state index in [1.54, 1.807) is 18.2 Å². The van der Waals surface area contributed by atoms with Gasteiger partial charge in [0.15, 0.2) is 0 Å². The first-order chi connectivity index (χ1) is 14.9. The summed E-state index contributed by atoms with van der Waals surface area (Å²) in [6.07, 6.45) is 1.60. The van der Waals surface area contributed by atoms with Gasteiger partial charge in [0, 0.05) is 14.5 Å². The van der Waals surface area contributed by atoms with Gasteiger partial charge in [-0.3, -0.25) is 15.0 Å². The van der Waals surface area contributed by atoms with Crippen molar-refractivity contribution in [1.29, 1.82) is 0 Å². The van der Waals surface area contributed by atoms with E-state index in [1.165, 1.54) is 5.01 Å². The molecule has 0 aliphatic carbocycles. The van der Waals surface area contributed by atoms with Crippen LogP contribution in [-0.4, -0.2) is 11.8 Å². The Morgan fingerprint density at radius 1 is 1.00 bits per heavy atom. The van der Waals surface area contributed by atoms with Gasteiger partial charge in [0.25, 0.3) is 11.8 Å². The molecule has 0 bridgehead atoms. The molecule has 8 heteroatoms. The Morgan fingerprint density at radius 2 is 1.77 bits per heavy atom. The summed E-state index contributed by atoms with van der Waals surface area (Å²) in [5.41, 5.74) is 5.08. The number of rotatable bonds is 5. The maximum atomic E-state index is 12.7. The van der Waals surface area contributed by atoms with Gasteiger partial charge in [-0.15, -0.1) is 0 Å². The average Bonchev–Trinajstić information content (AvgIpc) is 3.03. The summed E-state index contributed by atoms with van der Waals surface area (Å²) in [7, 11) is 0. The SMILES string of the molecule is O=C1NN(c2ccccc2)C(=O)/C1=C\c1ccc(OCc2ccc(Br)cc2Br)c(I)c1. The number of halogens is 3. The maximum absolute atomic E-state index is 12.7. The number of nitrogens with zero attached hydrogens (tertiary/aromatic N) is 1. The molecule has 156 valence electrons. The van der Waals surface area contributed by atoms with Crippen LogP contribution in [0.5, 0.6) is 5.75 Å². The summed E-state index contributed by atoms with van der Waals surface area (Å²) in [5.74, 6) is -0.0819. The number of anilines is 1. The van der Waals surface area contributed by atoms with Crippen LogP contribution in [0, 0.1) is 3.57 Å². The summed E-state index contributed by atoms with van der Waals surface area (Å²) >= 11 is 9.16. The summed E-state index contributed by atoms with van der Waals surface area (Å²) in [4.78, 5) is 25.1. The summed E-state index contributed by atoms with van der Waals surface area (Å²) in [5, 5.41) is 1.26. The molecule has 1 aliphatic heterocycles. The monoisotopic (exact) mass is 652 g/mol. The quantitative estimate of drug-likeness (QED) is 0.213. The molecule has 1 aliphatic rings. The second-order valence-corrected chi connectivity index (χ2v) is 9.62. The number of amides is 2. The molecule has 3 aromatic rings. The van der Waals surface area contributed by atoms with Crippen molar-refractivity contribution in [3.05, 3.63) is 95.9 Å². The summed E-state index contributed by atoms with van der Waals surface area (Å²) in [6.45, 7) is 0.414. The van der Waals surface area contributed by atoms with E-state index in [9.17, 15) is 9.59 Å². The first-order valence-corrected chi connectivity index (χ1v) is 11.9. The fourth-order valence-electron chi connectivity index (χ4n) is 3.00. The predicted octanol–water partition coefficient (Wildman–Crippen LogP) is 5.86. The van der Waals surface area contributed by atoms with Crippen LogP contribution in [0.4, 0.5) is 5.69 Å². The molecule has 1 fully saturated rings. The molecule has 0 spiro atoms. The van der Waals surface area contributed by atoms with Crippen LogP contribution in [0.2, 0.25) is 0 Å². The van der Waals surface area contributed by atoms with Crippen molar-refractivity contribution in [3.63, 3.8) is 0 Å². The minimum Gasteiger partial charge on any atom is -0.488 e. The third-order valence-electron chi connectivity index (χ3n) is 4.57. The molecule has 31 heavy (non-hydrogen) atoms. The van der Waals surface area contributed by atoms with E-state index in [-0.39, 0.29) is 11.5 Å². The first kappa shape index (κ1) is 22.0. The third-order valence-corrected chi connectivity index (χ3v) is 6.65. The van der Waals surface area contributed by atoms with E-state index >= 15 is 0 Å². The molecule has 0 atom stereocenters. The Hall–Kier alpha value is -2.17. The topological polar surface area (TPSA) is 58.6 Å². The maximum Gasteiger partial charge on any atom is 0.282 e. The highest BCUT2D eigenvalue weighted by atomic mass is 127. The minimum absolute atomic E-state index is 0.0899. The molecule has 2 amide bonds. The Morgan fingerprint density at radius 3 is 2.48 bits per heavy atom. The van der Waals surface area contributed by atoms with E-state index in [0.29, 0.717) is 12.3 Å². The highest BCUT2D eigenvalue weighted by Gasteiger charge is 2.34. The molecule has 0 saturated carbocycles. The van der Waals surface area contributed by atoms with Crippen molar-refractivity contribution < 1.29 is 14.3 Å². The summed E-state index contributed by atoms with van der Waals surface area (Å²) < 4.78 is 8.80. The molecule has 1 N–H and O–H groups in total. The highest BCUT2D eigenvalue weighted by molar-refractivity contribution is 14.1. The number of carbonyl (C=O) groups is 2. The van der Waals surface area contributed by atoms with Crippen molar-refractivity contribution in [3.8, 4) is 5.75 Å². The number of benzene rings is 3. The zero-order valence-electron chi connectivity index (χ0n) is 15.9. The van der Waals surface area contributed by atoms with E-state index in [4.69, 9.17) is 4.74 Å². The Kier molecular flexibility index (Phi) is 6.78. The van der Waals surface area contributed by atoms with Crippen molar-refractivity contribution in [1.82, 2.24) is 5.43 Å². The van der Waals surface area contributed by atoms with Gasteiger partial charge in [-0.25, -0.2) is 5.01 Å². The third kappa shape index (κ3) is 5.02. The van der Waals surface area contributed by atoms with Crippen LogP contribution in [0.3, 0.4) is 0 Å². The lowest BCUT2D eigenvalue weighted by atomic mass is 10.1. The Balaban J connectivity index is 1.50. The molecular formula is C23H15Br2IN2O3. The molecule has 0 aromatic heterocycles. The van der Waals surface area contributed by atoms with Gasteiger partial charge in [-0.1, -0.05) is 62.2 Å². The smallest absolute Gasteiger partial charge is 0.282 e. The highest BCUT2D eigenvalue weighted by Crippen LogP contribution is 2.28. The zero-order chi connectivity index (χ0) is 22.0. The lowest BCUT2D eigenvalue weighted by molar-refractivity contribution is -0.117. The van der Waals surface area contributed by atoms with Gasteiger partial charge >= 0.3 is 0 Å². The van der Waals surface area contributed by atoms with E-state index in [1.807, 2.05) is 54.6 Å². The molecule has 5 nitrogen and oxygen atoms in total. The lowest BCUT2D eigenvalue weighted by Crippen LogP contribution is -2.35. The lowest BCUT2D eigenvalue weighted by Gasteiger charge is -2.13. The van der Waals surface area contributed by atoms with Crippen molar-refractivity contribution in [2.45, 2.75) is 6.61 Å². The first-order valence-electron chi connectivity index (χ1n) is 9.21. The van der Waals surface area contributed by atoms with E-state index in [2.05, 4.69) is 59.9 Å². The second kappa shape index (κ2) is 9.54. The Bertz CT molecular complexity index is 1200. The fraction of sp³-hybridized carbons (Fsp3) is 0.0435. The van der Waals surface area contributed by atoms with Crippen LogP contribution in [0.25, 0.3) is 6.08 Å². The van der Waals surface area contributed by atoms with Crippen LogP contribution >= 0.6 is 54.5 Å². The molecule has 1 heterocycles. The van der Waals surface area contributed by atoms with Gasteiger partial charge in [-0.2, -0.15) is 0 Å². The standard InChI is InChI=1S/C23H15Br2IN2O3/c24-16-8-7-15(19(25)12-16)13-31-21-9-6-14(11-20(21)26)10-18-22(29)27-28(23(18)30)17-4-2-1-3-5-17/h1-12H,13H2,(H,27,29)/b18-10-. The number of ether oxygens (including phenoxy) is 1. The largest absolute Gasteiger partial charge is 0.488 e. The predicted molar refractivity (Wildman–Crippen MR) is 135 cm³/mol. The van der Waals surface area contributed by atoms with Crippen molar-refractivity contribution in [2.75, 3.05) is 5.01 Å². The fourth-order valence-corrected chi connectivity index (χ4v) is 4.86. The van der Waals surface area contributed by atoms with Crippen LogP contribution in [0.1, 0.15) is 11.1 Å². The van der Waals surface area contributed by atoms with Crippen LogP contribution in [-0.2, 0) is 16.2 Å². The zero-order valence-corrected chi connectivity index (χ0v) is 21.3. The van der Waals surface area contributed by atoms with Crippen molar-refractivity contribution in [2.24, 2.45) is 0 Å².